The van der Waals surface area contributed by atoms with Gasteiger partial charge in [0, 0.05) is 18.1 Å². The first-order chi connectivity index (χ1) is 15.1. The Bertz CT molecular complexity index is 1570. The van der Waals surface area contributed by atoms with E-state index in [1.54, 1.807) is 24.3 Å². The van der Waals surface area contributed by atoms with Crippen molar-refractivity contribution in [3.05, 3.63) is 114 Å². The molecule has 0 bridgehead atoms. The minimum Gasteiger partial charge on any atom is -0.457 e. The molecule has 0 N–H and O–H groups in total. The highest BCUT2D eigenvalue weighted by molar-refractivity contribution is 7.15. The molecule has 3 heterocycles. The van der Waals surface area contributed by atoms with Gasteiger partial charge in [-0.2, -0.15) is 14.6 Å². The number of halogens is 1. The van der Waals surface area contributed by atoms with E-state index >= 15 is 0 Å². The van der Waals surface area contributed by atoms with Crippen LogP contribution in [-0.4, -0.2) is 14.6 Å². The largest absolute Gasteiger partial charge is 0.457 e. The predicted molar refractivity (Wildman–Crippen MR) is 121 cm³/mol. The summed E-state index contributed by atoms with van der Waals surface area (Å²) in [6.07, 6.45) is 1.92. The summed E-state index contributed by atoms with van der Waals surface area (Å²) in [7, 11) is 0. The monoisotopic (exact) mass is 447 g/mol. The zero-order valence-electron chi connectivity index (χ0n) is 16.0. The van der Waals surface area contributed by atoms with Crippen LogP contribution in [0, 0.1) is 0 Å². The third-order valence-corrected chi connectivity index (χ3v) is 5.99. The quantitative estimate of drug-likeness (QED) is 0.421. The number of rotatable bonds is 4. The number of nitrogens with zero attached hydrogens (tertiary/aromatic N) is 3. The zero-order chi connectivity index (χ0) is 21.4. The van der Waals surface area contributed by atoms with Gasteiger partial charge in [-0.3, -0.25) is 9.59 Å². The lowest BCUT2D eigenvalue weighted by Gasteiger charge is -1.99. The molecule has 5 rings (SSSR count). The maximum atomic E-state index is 12.9. The average Bonchev–Trinajstić information content (AvgIpc) is 3.35. The first-order valence-electron chi connectivity index (χ1n) is 9.41. The Balaban J connectivity index is 1.55. The minimum atomic E-state index is -0.435. The maximum absolute atomic E-state index is 12.9. The second-order valence-corrected chi connectivity index (χ2v) is 8.23. The smallest absolute Gasteiger partial charge is 0.296 e. The summed E-state index contributed by atoms with van der Waals surface area (Å²) in [4.78, 5) is 29.5. The molecule has 152 valence electrons. The molecule has 6 nitrogen and oxygen atoms in total. The van der Waals surface area contributed by atoms with Crippen LogP contribution in [0.15, 0.2) is 80.7 Å². The molecule has 0 amide bonds. The number of hydrogen-bond donors (Lipinski definition) is 0. The van der Waals surface area contributed by atoms with Crippen LogP contribution in [0.25, 0.3) is 22.4 Å². The lowest BCUT2D eigenvalue weighted by Crippen LogP contribution is -2.28. The zero-order valence-corrected chi connectivity index (χ0v) is 17.6. The van der Waals surface area contributed by atoms with Gasteiger partial charge < -0.3 is 4.42 Å². The van der Waals surface area contributed by atoms with Crippen molar-refractivity contribution in [2.75, 3.05) is 0 Å². The van der Waals surface area contributed by atoms with E-state index in [0.29, 0.717) is 27.5 Å². The van der Waals surface area contributed by atoms with Gasteiger partial charge in [0.1, 0.15) is 21.7 Å². The number of aromatic nitrogens is 3. The second kappa shape index (κ2) is 7.94. The molecule has 0 saturated carbocycles. The van der Waals surface area contributed by atoms with Crippen LogP contribution in [0.2, 0.25) is 5.02 Å². The lowest BCUT2D eigenvalue weighted by atomic mass is 10.1. The number of fused-ring (bicyclic) bond motifs is 1. The van der Waals surface area contributed by atoms with Gasteiger partial charge >= 0.3 is 0 Å². The molecule has 0 radical (unpaired) electrons. The Hall–Kier alpha value is -3.55. The van der Waals surface area contributed by atoms with E-state index in [1.807, 2.05) is 48.5 Å². The van der Waals surface area contributed by atoms with Crippen LogP contribution in [-0.2, 0) is 6.42 Å². The van der Waals surface area contributed by atoms with Crippen LogP contribution in [0.1, 0.15) is 17.0 Å². The summed E-state index contributed by atoms with van der Waals surface area (Å²) in [6, 6.07) is 20.4. The average molecular weight is 448 g/mol. The third-order valence-electron chi connectivity index (χ3n) is 4.70. The second-order valence-electron chi connectivity index (χ2n) is 6.82. The first-order valence-corrected chi connectivity index (χ1v) is 10.6. The van der Waals surface area contributed by atoms with Crippen molar-refractivity contribution in [1.82, 2.24) is 14.6 Å². The van der Waals surface area contributed by atoms with E-state index in [1.165, 1.54) is 4.52 Å². The van der Waals surface area contributed by atoms with Crippen molar-refractivity contribution in [2.45, 2.75) is 6.42 Å². The van der Waals surface area contributed by atoms with E-state index in [9.17, 15) is 9.59 Å². The Kier molecular flexibility index (Phi) is 4.97. The molecular formula is C23H14ClN3O3S. The summed E-state index contributed by atoms with van der Waals surface area (Å²) in [5, 5.41) is 4.84. The highest BCUT2D eigenvalue weighted by Gasteiger charge is 2.13. The van der Waals surface area contributed by atoms with Gasteiger partial charge in [0.25, 0.3) is 11.1 Å². The van der Waals surface area contributed by atoms with Gasteiger partial charge in [-0.25, -0.2) is 0 Å². The fourth-order valence-corrected chi connectivity index (χ4v) is 4.32. The standard InChI is InChI=1S/C23H14ClN3O3S/c24-17-9-5-4-8-16(17)19-11-10-15(30-19)13-20-22(29)27-23(31-20)25-21(28)18(26-27)12-14-6-2-1-3-7-14/h1-11,13H,12H2. The fraction of sp³-hybridized carbons (Fsp3) is 0.0435. The van der Waals surface area contributed by atoms with E-state index in [4.69, 9.17) is 16.0 Å². The van der Waals surface area contributed by atoms with Crippen molar-refractivity contribution in [2.24, 2.45) is 0 Å². The number of thiazole rings is 1. The van der Waals surface area contributed by atoms with Crippen molar-refractivity contribution in [3.63, 3.8) is 0 Å². The van der Waals surface area contributed by atoms with Gasteiger partial charge in [-0.05, 0) is 29.8 Å². The lowest BCUT2D eigenvalue weighted by molar-refractivity contribution is 0.571. The maximum Gasteiger partial charge on any atom is 0.296 e. The molecule has 0 unspecified atom stereocenters. The van der Waals surface area contributed by atoms with E-state index < -0.39 is 5.56 Å². The first kappa shape index (κ1) is 19.4. The number of furan rings is 1. The number of benzene rings is 2. The van der Waals surface area contributed by atoms with Gasteiger partial charge in [0.2, 0.25) is 4.96 Å². The molecule has 2 aromatic carbocycles. The van der Waals surface area contributed by atoms with Crippen molar-refractivity contribution in [3.8, 4) is 11.3 Å². The molecule has 0 fully saturated rings. The van der Waals surface area contributed by atoms with Gasteiger partial charge in [-0.15, -0.1) is 0 Å². The molecule has 0 aliphatic carbocycles. The summed E-state index contributed by atoms with van der Waals surface area (Å²) in [5.74, 6) is 1.09. The molecule has 3 aromatic heterocycles. The van der Waals surface area contributed by atoms with Crippen LogP contribution in [0.5, 0.6) is 0 Å². The fourth-order valence-electron chi connectivity index (χ4n) is 3.21. The van der Waals surface area contributed by atoms with Gasteiger partial charge in [0.05, 0.1) is 5.02 Å². The molecule has 31 heavy (non-hydrogen) atoms. The Labute approximate surface area is 184 Å². The van der Waals surface area contributed by atoms with Crippen LogP contribution >= 0.6 is 22.9 Å². The summed E-state index contributed by atoms with van der Waals surface area (Å²) in [6.45, 7) is 0. The number of hydrogen-bond acceptors (Lipinski definition) is 6. The van der Waals surface area contributed by atoms with Crippen molar-refractivity contribution < 1.29 is 4.42 Å². The highest BCUT2D eigenvalue weighted by atomic mass is 35.5. The molecule has 8 heteroatoms. The van der Waals surface area contributed by atoms with Gasteiger partial charge in [0.15, 0.2) is 0 Å². The molecule has 0 spiro atoms. The van der Waals surface area contributed by atoms with E-state index in [-0.39, 0.29) is 16.2 Å². The molecular weight excluding hydrogens is 434 g/mol. The van der Waals surface area contributed by atoms with Crippen LogP contribution in [0.4, 0.5) is 0 Å². The summed E-state index contributed by atoms with van der Waals surface area (Å²) >= 11 is 7.32. The predicted octanol–water partition coefficient (Wildman–Crippen LogP) is 3.56. The highest BCUT2D eigenvalue weighted by Crippen LogP contribution is 2.29. The molecule has 5 aromatic rings. The van der Waals surface area contributed by atoms with E-state index in [0.717, 1.165) is 22.5 Å². The molecule has 0 aliphatic heterocycles. The minimum absolute atomic E-state index is 0.226. The summed E-state index contributed by atoms with van der Waals surface area (Å²) in [5.41, 5.74) is 1.13. The Morgan fingerprint density at radius 3 is 2.58 bits per heavy atom. The van der Waals surface area contributed by atoms with Crippen molar-refractivity contribution >= 4 is 34.0 Å². The summed E-state index contributed by atoms with van der Waals surface area (Å²) < 4.78 is 7.39. The molecule has 0 saturated heterocycles. The Morgan fingerprint density at radius 2 is 1.77 bits per heavy atom. The molecule has 0 aliphatic rings. The van der Waals surface area contributed by atoms with Crippen molar-refractivity contribution in [1.29, 1.82) is 0 Å². The SMILES string of the molecule is O=c1nc2sc(=Cc3ccc(-c4ccccc4Cl)o3)c(=O)n2nc1Cc1ccccc1. The topological polar surface area (TPSA) is 77.5 Å². The third kappa shape index (κ3) is 3.81. The van der Waals surface area contributed by atoms with Crippen LogP contribution < -0.4 is 15.7 Å². The normalized spacial score (nSPS) is 12.0. The molecule has 0 atom stereocenters. The van der Waals surface area contributed by atoms with E-state index in [2.05, 4.69) is 10.1 Å². The van der Waals surface area contributed by atoms with Crippen LogP contribution in [0.3, 0.4) is 0 Å². The van der Waals surface area contributed by atoms with Gasteiger partial charge in [-0.1, -0.05) is 65.4 Å². The Morgan fingerprint density at radius 1 is 1.00 bits per heavy atom.